The summed E-state index contributed by atoms with van der Waals surface area (Å²) in [4.78, 5) is 11.3. The van der Waals surface area contributed by atoms with Crippen LogP contribution in [0.25, 0.3) is 0 Å². The van der Waals surface area contributed by atoms with Crippen LogP contribution >= 0.6 is 0 Å². The van der Waals surface area contributed by atoms with E-state index in [1.54, 1.807) is 19.2 Å². The zero-order chi connectivity index (χ0) is 18.1. The molecule has 0 aliphatic carbocycles. The van der Waals surface area contributed by atoms with Gasteiger partial charge in [-0.15, -0.1) is 0 Å². The standard InChI is InChI=1S/C20H25N5/c1-4-12-25(13-5-2)19-11-8-17(15-23-19)20(22-3)24-18-9-6-16(14-21)7-10-18/h6-11,15H,4-5,12-13H2,1-3H3,(H,22,24). The van der Waals surface area contributed by atoms with Crippen molar-refractivity contribution in [2.45, 2.75) is 26.7 Å². The smallest absolute Gasteiger partial charge is 0.134 e. The van der Waals surface area contributed by atoms with E-state index in [0.717, 1.165) is 48.8 Å². The fraction of sp³-hybridized carbons (Fsp3) is 0.350. The van der Waals surface area contributed by atoms with Gasteiger partial charge in [0.25, 0.3) is 0 Å². The van der Waals surface area contributed by atoms with Gasteiger partial charge < -0.3 is 10.2 Å². The number of anilines is 2. The van der Waals surface area contributed by atoms with Gasteiger partial charge in [-0.3, -0.25) is 4.99 Å². The fourth-order valence-electron chi connectivity index (χ4n) is 2.62. The molecule has 0 unspecified atom stereocenters. The first-order chi connectivity index (χ1) is 12.2. The number of pyridine rings is 1. The summed E-state index contributed by atoms with van der Waals surface area (Å²) in [7, 11) is 1.75. The summed E-state index contributed by atoms with van der Waals surface area (Å²) in [5.41, 5.74) is 2.46. The maximum Gasteiger partial charge on any atom is 0.134 e. The summed E-state index contributed by atoms with van der Waals surface area (Å²) >= 11 is 0. The Labute approximate surface area is 150 Å². The Morgan fingerprint density at radius 1 is 1.12 bits per heavy atom. The third kappa shape index (κ3) is 5.05. The summed E-state index contributed by atoms with van der Waals surface area (Å²) in [5.74, 6) is 1.75. The Hall–Kier alpha value is -2.87. The van der Waals surface area contributed by atoms with Crippen LogP contribution < -0.4 is 10.2 Å². The molecule has 0 bridgehead atoms. The molecule has 5 nitrogen and oxygen atoms in total. The third-order valence-corrected chi connectivity index (χ3v) is 3.83. The lowest BCUT2D eigenvalue weighted by Gasteiger charge is -2.22. The quantitative estimate of drug-likeness (QED) is 0.612. The van der Waals surface area contributed by atoms with Crippen LogP contribution in [0.3, 0.4) is 0 Å². The van der Waals surface area contributed by atoms with E-state index in [2.05, 4.69) is 40.1 Å². The van der Waals surface area contributed by atoms with Crippen LogP contribution in [-0.2, 0) is 0 Å². The molecule has 1 heterocycles. The van der Waals surface area contributed by atoms with Crippen LogP contribution in [0.1, 0.15) is 37.8 Å². The summed E-state index contributed by atoms with van der Waals surface area (Å²) < 4.78 is 0. The predicted octanol–water partition coefficient (Wildman–Crippen LogP) is 4.07. The van der Waals surface area contributed by atoms with E-state index in [9.17, 15) is 0 Å². The highest BCUT2D eigenvalue weighted by Crippen LogP contribution is 2.15. The van der Waals surface area contributed by atoms with Crippen LogP contribution in [0.15, 0.2) is 47.6 Å². The molecule has 0 amide bonds. The molecule has 2 aromatic rings. The largest absolute Gasteiger partial charge is 0.357 e. The Balaban J connectivity index is 2.13. The molecule has 1 aromatic carbocycles. The second kappa shape index (κ2) is 9.43. The van der Waals surface area contributed by atoms with E-state index in [1.807, 2.05) is 30.5 Å². The monoisotopic (exact) mass is 335 g/mol. The lowest BCUT2D eigenvalue weighted by molar-refractivity contribution is 0.734. The number of rotatable bonds is 7. The van der Waals surface area contributed by atoms with Gasteiger partial charge in [-0.05, 0) is 49.2 Å². The minimum atomic E-state index is 0.637. The van der Waals surface area contributed by atoms with Crippen molar-refractivity contribution in [3.8, 4) is 6.07 Å². The highest BCUT2D eigenvalue weighted by Gasteiger charge is 2.08. The van der Waals surface area contributed by atoms with Crippen molar-refractivity contribution >= 4 is 17.3 Å². The van der Waals surface area contributed by atoms with Crippen molar-refractivity contribution in [3.05, 3.63) is 53.7 Å². The molecule has 0 spiro atoms. The van der Waals surface area contributed by atoms with Crippen LogP contribution in [0, 0.1) is 11.3 Å². The van der Waals surface area contributed by atoms with E-state index in [4.69, 9.17) is 5.26 Å². The van der Waals surface area contributed by atoms with Gasteiger partial charge in [-0.1, -0.05) is 13.8 Å². The Kier molecular flexibility index (Phi) is 6.97. The van der Waals surface area contributed by atoms with Crippen LogP contribution in [-0.4, -0.2) is 31.0 Å². The Bertz CT molecular complexity index is 720. The normalized spacial score (nSPS) is 11.0. The van der Waals surface area contributed by atoms with Crippen molar-refractivity contribution in [1.82, 2.24) is 4.98 Å². The van der Waals surface area contributed by atoms with Gasteiger partial charge >= 0.3 is 0 Å². The van der Waals surface area contributed by atoms with Gasteiger partial charge in [0.15, 0.2) is 0 Å². The van der Waals surface area contributed by atoms with Crippen molar-refractivity contribution in [3.63, 3.8) is 0 Å². The van der Waals surface area contributed by atoms with Crippen LogP contribution in [0.5, 0.6) is 0 Å². The molecule has 0 aliphatic heterocycles. The van der Waals surface area contributed by atoms with E-state index >= 15 is 0 Å². The average Bonchev–Trinajstić information content (AvgIpc) is 2.66. The predicted molar refractivity (Wildman–Crippen MR) is 104 cm³/mol. The number of aliphatic imine (C=N–C) groups is 1. The van der Waals surface area contributed by atoms with E-state index in [1.165, 1.54) is 0 Å². The minimum Gasteiger partial charge on any atom is -0.357 e. The summed E-state index contributed by atoms with van der Waals surface area (Å²) in [5, 5.41) is 12.2. The second-order valence-electron chi connectivity index (χ2n) is 5.78. The first kappa shape index (κ1) is 18.5. The average molecular weight is 335 g/mol. The molecule has 0 fully saturated rings. The van der Waals surface area contributed by atoms with Crippen molar-refractivity contribution < 1.29 is 0 Å². The van der Waals surface area contributed by atoms with Gasteiger partial charge in [0.1, 0.15) is 11.7 Å². The molecule has 130 valence electrons. The lowest BCUT2D eigenvalue weighted by atomic mass is 10.2. The topological polar surface area (TPSA) is 64.3 Å². The van der Waals surface area contributed by atoms with E-state index < -0.39 is 0 Å². The number of nitrogens with zero attached hydrogens (tertiary/aromatic N) is 4. The zero-order valence-electron chi connectivity index (χ0n) is 15.2. The summed E-state index contributed by atoms with van der Waals surface area (Å²) in [6.45, 7) is 6.39. The van der Waals surface area contributed by atoms with Crippen molar-refractivity contribution in [1.29, 1.82) is 5.26 Å². The van der Waals surface area contributed by atoms with Gasteiger partial charge in [0, 0.05) is 37.6 Å². The molecule has 0 atom stereocenters. The molecule has 1 aromatic heterocycles. The van der Waals surface area contributed by atoms with E-state index in [-0.39, 0.29) is 0 Å². The highest BCUT2D eigenvalue weighted by atomic mass is 15.2. The van der Waals surface area contributed by atoms with Crippen molar-refractivity contribution in [2.75, 3.05) is 30.4 Å². The molecule has 0 radical (unpaired) electrons. The maximum absolute atomic E-state index is 8.88. The summed E-state index contributed by atoms with van der Waals surface area (Å²) in [6, 6.07) is 13.5. The Morgan fingerprint density at radius 2 is 1.80 bits per heavy atom. The number of amidine groups is 1. The van der Waals surface area contributed by atoms with Crippen molar-refractivity contribution in [2.24, 2.45) is 4.99 Å². The fourth-order valence-corrected chi connectivity index (χ4v) is 2.62. The number of hydrogen-bond acceptors (Lipinski definition) is 4. The van der Waals surface area contributed by atoms with Gasteiger partial charge in [-0.25, -0.2) is 4.98 Å². The molecular formula is C20H25N5. The van der Waals surface area contributed by atoms with Gasteiger partial charge in [0.2, 0.25) is 0 Å². The molecule has 0 aliphatic rings. The van der Waals surface area contributed by atoms with Gasteiger partial charge in [-0.2, -0.15) is 5.26 Å². The zero-order valence-corrected chi connectivity index (χ0v) is 15.2. The molecule has 0 saturated carbocycles. The number of hydrogen-bond donors (Lipinski definition) is 1. The molecule has 1 N–H and O–H groups in total. The molecule has 25 heavy (non-hydrogen) atoms. The summed E-state index contributed by atoms with van der Waals surface area (Å²) in [6.07, 6.45) is 4.06. The Morgan fingerprint density at radius 3 is 2.28 bits per heavy atom. The molecule has 2 rings (SSSR count). The van der Waals surface area contributed by atoms with E-state index in [0.29, 0.717) is 5.56 Å². The number of aromatic nitrogens is 1. The maximum atomic E-state index is 8.88. The lowest BCUT2D eigenvalue weighted by Crippen LogP contribution is -2.26. The number of benzene rings is 1. The first-order valence-corrected chi connectivity index (χ1v) is 8.67. The SMILES string of the molecule is CCCN(CCC)c1ccc(C(=NC)Nc2ccc(C#N)cc2)cn1. The van der Waals surface area contributed by atoms with Crippen LogP contribution in [0.2, 0.25) is 0 Å². The minimum absolute atomic E-state index is 0.637. The van der Waals surface area contributed by atoms with Crippen LogP contribution in [0.4, 0.5) is 11.5 Å². The first-order valence-electron chi connectivity index (χ1n) is 8.67. The number of nitriles is 1. The van der Waals surface area contributed by atoms with Gasteiger partial charge in [0.05, 0.1) is 11.6 Å². The number of nitrogens with one attached hydrogen (secondary N) is 1. The second-order valence-corrected chi connectivity index (χ2v) is 5.78. The molecule has 0 saturated heterocycles. The molecule has 5 heteroatoms. The molecular weight excluding hydrogens is 310 g/mol. The highest BCUT2D eigenvalue weighted by molar-refractivity contribution is 6.08. The third-order valence-electron chi connectivity index (χ3n) is 3.83.